The highest BCUT2D eigenvalue weighted by atomic mass is 15.2. The molecule has 2 rings (SSSR count). The number of nitrogens with one attached hydrogen (secondary N) is 1. The van der Waals surface area contributed by atoms with Crippen LogP contribution in [0.25, 0.3) is 0 Å². The lowest BCUT2D eigenvalue weighted by Crippen LogP contribution is -2.42. The van der Waals surface area contributed by atoms with Gasteiger partial charge in [0.15, 0.2) is 0 Å². The molecule has 1 saturated heterocycles. The maximum Gasteiger partial charge on any atom is 0.125 e. The van der Waals surface area contributed by atoms with Gasteiger partial charge in [0.25, 0.3) is 0 Å². The molecule has 1 N–H and O–H groups in total. The fraction of sp³-hybridized carbons (Fsp3) is 0.733. The zero-order chi connectivity index (χ0) is 13.8. The van der Waals surface area contributed by atoms with Gasteiger partial charge in [-0.25, -0.2) is 9.97 Å². The average molecular weight is 262 g/mol. The van der Waals surface area contributed by atoms with Crippen LogP contribution in [0.3, 0.4) is 0 Å². The highest BCUT2D eigenvalue weighted by Gasteiger charge is 2.31. The standard InChI is InChI=1S/C15H26N4/c1-11(2)17-10-13-6-5-9-19(4)15(13)14-7-8-16-12(3)18-14/h7-8,11,13,15,17H,5-6,9-10H2,1-4H3. The molecule has 2 atom stereocenters. The van der Waals surface area contributed by atoms with Gasteiger partial charge in [0.2, 0.25) is 0 Å². The van der Waals surface area contributed by atoms with Gasteiger partial charge in [-0.2, -0.15) is 0 Å². The van der Waals surface area contributed by atoms with Gasteiger partial charge in [0.1, 0.15) is 5.82 Å². The van der Waals surface area contributed by atoms with Crippen molar-refractivity contribution in [2.75, 3.05) is 20.1 Å². The fourth-order valence-electron chi connectivity index (χ4n) is 2.97. The van der Waals surface area contributed by atoms with Gasteiger partial charge < -0.3 is 5.32 Å². The van der Waals surface area contributed by atoms with Crippen molar-refractivity contribution in [1.29, 1.82) is 0 Å². The minimum absolute atomic E-state index is 0.418. The molecular weight excluding hydrogens is 236 g/mol. The summed E-state index contributed by atoms with van der Waals surface area (Å²) in [7, 11) is 2.21. The summed E-state index contributed by atoms with van der Waals surface area (Å²) in [5.74, 6) is 1.50. The van der Waals surface area contributed by atoms with Gasteiger partial charge in [-0.05, 0) is 45.3 Å². The Hall–Kier alpha value is -1.00. The minimum atomic E-state index is 0.418. The highest BCUT2D eigenvalue weighted by Crippen LogP contribution is 2.33. The predicted molar refractivity (Wildman–Crippen MR) is 78.0 cm³/mol. The summed E-state index contributed by atoms with van der Waals surface area (Å²) in [6, 6.07) is 3.03. The maximum atomic E-state index is 4.64. The van der Waals surface area contributed by atoms with E-state index < -0.39 is 0 Å². The second kappa shape index (κ2) is 6.44. The first-order chi connectivity index (χ1) is 9.08. The lowest BCUT2D eigenvalue weighted by Gasteiger charge is -2.39. The van der Waals surface area contributed by atoms with Crippen LogP contribution in [0.15, 0.2) is 12.3 Å². The van der Waals surface area contributed by atoms with Crippen LogP contribution in [0.5, 0.6) is 0 Å². The first kappa shape index (κ1) is 14.4. The largest absolute Gasteiger partial charge is 0.314 e. The number of rotatable bonds is 4. The Morgan fingerprint density at radius 1 is 1.47 bits per heavy atom. The SMILES string of the molecule is Cc1nccc(C2C(CNC(C)C)CCCN2C)n1. The van der Waals surface area contributed by atoms with Gasteiger partial charge in [-0.15, -0.1) is 0 Å². The third-order valence-corrected chi connectivity index (χ3v) is 3.90. The number of nitrogens with zero attached hydrogens (tertiary/aromatic N) is 3. The number of aryl methyl sites for hydroxylation is 1. The van der Waals surface area contributed by atoms with Crippen molar-refractivity contribution in [3.63, 3.8) is 0 Å². The van der Waals surface area contributed by atoms with Crippen LogP contribution in [0.1, 0.15) is 44.2 Å². The first-order valence-electron chi connectivity index (χ1n) is 7.31. The zero-order valence-electron chi connectivity index (χ0n) is 12.6. The number of piperidine rings is 1. The van der Waals surface area contributed by atoms with Crippen LogP contribution in [0.4, 0.5) is 0 Å². The van der Waals surface area contributed by atoms with Crippen LogP contribution in [0, 0.1) is 12.8 Å². The molecule has 19 heavy (non-hydrogen) atoms. The number of likely N-dealkylation sites (tertiary alicyclic amines) is 1. The van der Waals surface area contributed by atoms with Crippen molar-refractivity contribution in [3.8, 4) is 0 Å². The van der Waals surface area contributed by atoms with E-state index in [4.69, 9.17) is 0 Å². The minimum Gasteiger partial charge on any atom is -0.314 e. The summed E-state index contributed by atoms with van der Waals surface area (Å²) >= 11 is 0. The molecule has 1 aromatic heterocycles. The van der Waals surface area contributed by atoms with E-state index in [2.05, 4.69) is 47.1 Å². The highest BCUT2D eigenvalue weighted by molar-refractivity contribution is 5.10. The summed E-state index contributed by atoms with van der Waals surface area (Å²) in [5.41, 5.74) is 1.17. The summed E-state index contributed by atoms with van der Waals surface area (Å²) in [4.78, 5) is 11.3. The molecule has 0 aromatic carbocycles. The van der Waals surface area contributed by atoms with E-state index in [1.165, 1.54) is 18.5 Å². The lowest BCUT2D eigenvalue weighted by molar-refractivity contribution is 0.114. The second-order valence-electron chi connectivity index (χ2n) is 5.92. The van der Waals surface area contributed by atoms with Gasteiger partial charge >= 0.3 is 0 Å². The monoisotopic (exact) mass is 262 g/mol. The molecule has 1 aliphatic heterocycles. The Labute approximate surface area is 116 Å². The molecule has 0 bridgehead atoms. The molecule has 106 valence electrons. The van der Waals surface area contributed by atoms with E-state index >= 15 is 0 Å². The van der Waals surface area contributed by atoms with E-state index in [1.54, 1.807) is 0 Å². The summed E-state index contributed by atoms with van der Waals surface area (Å²) in [5, 5.41) is 3.58. The van der Waals surface area contributed by atoms with E-state index in [9.17, 15) is 0 Å². The van der Waals surface area contributed by atoms with Crippen LogP contribution in [0.2, 0.25) is 0 Å². The van der Waals surface area contributed by atoms with Crippen LogP contribution in [-0.4, -0.2) is 41.0 Å². The van der Waals surface area contributed by atoms with Gasteiger partial charge in [0.05, 0.1) is 11.7 Å². The molecule has 1 aliphatic rings. The molecule has 2 heterocycles. The van der Waals surface area contributed by atoms with Crippen molar-refractivity contribution < 1.29 is 0 Å². The van der Waals surface area contributed by atoms with Crippen molar-refractivity contribution in [2.24, 2.45) is 5.92 Å². The van der Waals surface area contributed by atoms with Crippen LogP contribution >= 0.6 is 0 Å². The van der Waals surface area contributed by atoms with Gasteiger partial charge in [0, 0.05) is 18.8 Å². The molecular formula is C15H26N4. The van der Waals surface area contributed by atoms with E-state index in [-0.39, 0.29) is 0 Å². The van der Waals surface area contributed by atoms with Crippen molar-refractivity contribution in [1.82, 2.24) is 20.2 Å². The quantitative estimate of drug-likeness (QED) is 0.903. The number of hydrogen-bond donors (Lipinski definition) is 1. The molecule has 0 aliphatic carbocycles. The maximum absolute atomic E-state index is 4.64. The summed E-state index contributed by atoms with van der Waals surface area (Å²) in [6.07, 6.45) is 4.44. The molecule has 2 unspecified atom stereocenters. The second-order valence-corrected chi connectivity index (χ2v) is 5.92. The average Bonchev–Trinajstić information content (AvgIpc) is 2.36. The Balaban J connectivity index is 2.16. The van der Waals surface area contributed by atoms with Crippen molar-refractivity contribution in [2.45, 2.75) is 45.7 Å². The zero-order valence-corrected chi connectivity index (χ0v) is 12.6. The molecule has 1 fully saturated rings. The first-order valence-corrected chi connectivity index (χ1v) is 7.31. The molecule has 0 saturated carbocycles. The van der Waals surface area contributed by atoms with E-state index in [0.29, 0.717) is 18.0 Å². The Morgan fingerprint density at radius 3 is 2.95 bits per heavy atom. The normalized spacial score (nSPS) is 24.9. The van der Waals surface area contributed by atoms with Gasteiger partial charge in [-0.3, -0.25) is 4.90 Å². The summed E-state index contributed by atoms with van der Waals surface area (Å²) < 4.78 is 0. The van der Waals surface area contributed by atoms with Crippen molar-refractivity contribution in [3.05, 3.63) is 23.8 Å². The predicted octanol–water partition coefficient (Wildman–Crippen LogP) is 2.17. The van der Waals surface area contributed by atoms with Crippen LogP contribution < -0.4 is 5.32 Å². The molecule has 4 nitrogen and oxygen atoms in total. The summed E-state index contributed by atoms with van der Waals surface area (Å²) in [6.45, 7) is 8.60. The molecule has 0 amide bonds. The molecule has 0 radical (unpaired) electrons. The smallest absolute Gasteiger partial charge is 0.125 e. The molecule has 1 aromatic rings. The number of hydrogen-bond acceptors (Lipinski definition) is 4. The topological polar surface area (TPSA) is 41.1 Å². The van der Waals surface area contributed by atoms with E-state index in [1.807, 2.05) is 13.1 Å². The Morgan fingerprint density at radius 2 is 2.26 bits per heavy atom. The van der Waals surface area contributed by atoms with Gasteiger partial charge in [-0.1, -0.05) is 13.8 Å². The van der Waals surface area contributed by atoms with Crippen molar-refractivity contribution >= 4 is 0 Å². The molecule has 0 spiro atoms. The Kier molecular flexibility index (Phi) is 4.88. The van der Waals surface area contributed by atoms with Crippen LogP contribution in [-0.2, 0) is 0 Å². The fourth-order valence-corrected chi connectivity index (χ4v) is 2.97. The Bertz CT molecular complexity index is 405. The third kappa shape index (κ3) is 3.74. The van der Waals surface area contributed by atoms with E-state index in [0.717, 1.165) is 18.9 Å². The third-order valence-electron chi connectivity index (χ3n) is 3.90. The molecule has 4 heteroatoms. The number of aromatic nitrogens is 2. The lowest BCUT2D eigenvalue weighted by atomic mass is 9.87.